The lowest BCUT2D eigenvalue weighted by Crippen LogP contribution is -2.42. The average Bonchev–Trinajstić information content (AvgIpc) is 2.77. The molecule has 5 nitrogen and oxygen atoms in total. The number of hydrogen-bond acceptors (Lipinski definition) is 4. The second kappa shape index (κ2) is 6.89. The Morgan fingerprint density at radius 3 is 2.54 bits per heavy atom. The van der Waals surface area contributed by atoms with Crippen LogP contribution in [0.2, 0.25) is 0 Å². The number of rotatable bonds is 2. The van der Waals surface area contributed by atoms with E-state index in [-0.39, 0.29) is 29.1 Å². The Balaban J connectivity index is 1.77. The van der Waals surface area contributed by atoms with Gasteiger partial charge in [0.15, 0.2) is 0 Å². The molecule has 2 aromatic carbocycles. The van der Waals surface area contributed by atoms with Crippen LogP contribution in [0, 0.1) is 11.3 Å². The molecule has 2 aromatic rings. The first-order valence-corrected chi connectivity index (χ1v) is 9.66. The highest BCUT2D eigenvalue weighted by atomic mass is 16.1. The summed E-state index contributed by atoms with van der Waals surface area (Å²) < 4.78 is 0. The lowest BCUT2D eigenvalue weighted by atomic mass is 9.68. The van der Waals surface area contributed by atoms with Crippen molar-refractivity contribution in [3.8, 4) is 0 Å². The lowest BCUT2D eigenvalue weighted by Gasteiger charge is -2.37. The molecule has 1 aliphatic heterocycles. The van der Waals surface area contributed by atoms with Gasteiger partial charge in [0, 0.05) is 24.7 Å². The number of Topliss-reactive ketones (excluding diaryl/α,β-unsaturated/α-hetero) is 1. The van der Waals surface area contributed by atoms with E-state index in [4.69, 9.17) is 4.99 Å². The highest BCUT2D eigenvalue weighted by Crippen LogP contribution is 2.45. The molecule has 1 fully saturated rings. The van der Waals surface area contributed by atoms with Crippen LogP contribution in [0.1, 0.15) is 45.2 Å². The van der Waals surface area contributed by atoms with Gasteiger partial charge in [-0.1, -0.05) is 38.1 Å². The number of anilines is 2. The van der Waals surface area contributed by atoms with Gasteiger partial charge in [0.2, 0.25) is 5.91 Å². The van der Waals surface area contributed by atoms with Crippen molar-refractivity contribution in [2.75, 3.05) is 10.6 Å². The van der Waals surface area contributed by atoms with Gasteiger partial charge in [0.05, 0.1) is 23.3 Å². The third kappa shape index (κ3) is 3.57. The van der Waals surface area contributed by atoms with E-state index in [2.05, 4.69) is 24.5 Å². The first-order valence-electron chi connectivity index (χ1n) is 9.66. The molecule has 1 heterocycles. The fourth-order valence-corrected chi connectivity index (χ4v) is 4.27. The molecule has 2 N–H and O–H groups in total. The fourth-order valence-electron chi connectivity index (χ4n) is 4.27. The SMILES string of the molecule is CC(=O)Nc1ccc(C2Nc3ccccc3N=C3CC(C)(C)CC(=O)C32)cc1. The number of fused-ring (bicyclic) bond motifs is 2. The highest BCUT2D eigenvalue weighted by Gasteiger charge is 2.43. The Hall–Kier alpha value is -2.95. The van der Waals surface area contributed by atoms with Gasteiger partial charge >= 0.3 is 0 Å². The molecule has 2 aliphatic rings. The summed E-state index contributed by atoms with van der Waals surface area (Å²) in [6, 6.07) is 15.5. The topological polar surface area (TPSA) is 70.6 Å². The van der Waals surface area contributed by atoms with Crippen molar-refractivity contribution in [2.24, 2.45) is 16.3 Å². The summed E-state index contributed by atoms with van der Waals surface area (Å²) in [7, 11) is 0. The monoisotopic (exact) mass is 375 g/mol. The Morgan fingerprint density at radius 2 is 1.82 bits per heavy atom. The van der Waals surface area contributed by atoms with Crippen LogP contribution in [0.25, 0.3) is 0 Å². The van der Waals surface area contributed by atoms with E-state index < -0.39 is 0 Å². The van der Waals surface area contributed by atoms with Gasteiger partial charge in [0.25, 0.3) is 0 Å². The number of amides is 1. The molecule has 1 saturated carbocycles. The predicted octanol–water partition coefficient (Wildman–Crippen LogP) is 4.89. The molecule has 2 atom stereocenters. The normalized spacial score (nSPS) is 22.8. The number of ketones is 1. The summed E-state index contributed by atoms with van der Waals surface area (Å²) >= 11 is 0. The summed E-state index contributed by atoms with van der Waals surface area (Å²) in [5.41, 5.74) is 4.45. The van der Waals surface area contributed by atoms with Gasteiger partial charge in [-0.05, 0) is 41.7 Å². The summed E-state index contributed by atoms with van der Waals surface area (Å²) in [6.07, 6.45) is 1.36. The highest BCUT2D eigenvalue weighted by molar-refractivity contribution is 6.10. The Morgan fingerprint density at radius 1 is 1.11 bits per heavy atom. The summed E-state index contributed by atoms with van der Waals surface area (Å²) in [4.78, 5) is 29.4. The van der Waals surface area contributed by atoms with Crippen LogP contribution < -0.4 is 10.6 Å². The molecule has 28 heavy (non-hydrogen) atoms. The van der Waals surface area contributed by atoms with Gasteiger partial charge in [0.1, 0.15) is 5.78 Å². The van der Waals surface area contributed by atoms with Gasteiger partial charge in [-0.15, -0.1) is 0 Å². The largest absolute Gasteiger partial charge is 0.375 e. The van der Waals surface area contributed by atoms with Crippen molar-refractivity contribution >= 4 is 34.5 Å². The molecular weight excluding hydrogens is 350 g/mol. The molecule has 0 aromatic heterocycles. The minimum atomic E-state index is -0.285. The van der Waals surface area contributed by atoms with Crippen LogP contribution in [0.5, 0.6) is 0 Å². The maximum Gasteiger partial charge on any atom is 0.221 e. The summed E-state index contributed by atoms with van der Waals surface area (Å²) in [6.45, 7) is 5.75. The lowest BCUT2D eigenvalue weighted by molar-refractivity contribution is -0.124. The maximum atomic E-state index is 13.2. The van der Waals surface area contributed by atoms with E-state index in [9.17, 15) is 9.59 Å². The quantitative estimate of drug-likeness (QED) is 0.785. The first-order chi connectivity index (χ1) is 13.3. The van der Waals surface area contributed by atoms with Gasteiger partial charge in [-0.3, -0.25) is 14.6 Å². The van der Waals surface area contributed by atoms with Crippen molar-refractivity contribution < 1.29 is 9.59 Å². The molecule has 0 spiro atoms. The van der Waals surface area contributed by atoms with Crippen molar-refractivity contribution in [1.29, 1.82) is 0 Å². The third-order valence-corrected chi connectivity index (χ3v) is 5.42. The minimum absolute atomic E-state index is 0.0779. The molecule has 1 aliphatic carbocycles. The predicted molar refractivity (Wildman–Crippen MR) is 112 cm³/mol. The van der Waals surface area contributed by atoms with Crippen LogP contribution in [0.4, 0.5) is 17.1 Å². The number of para-hydroxylation sites is 2. The van der Waals surface area contributed by atoms with Crippen molar-refractivity contribution in [1.82, 2.24) is 0 Å². The molecule has 2 unspecified atom stereocenters. The van der Waals surface area contributed by atoms with Gasteiger partial charge < -0.3 is 10.6 Å². The average molecular weight is 375 g/mol. The maximum absolute atomic E-state index is 13.2. The fraction of sp³-hybridized carbons (Fsp3) is 0.348. The molecule has 0 radical (unpaired) electrons. The zero-order chi connectivity index (χ0) is 19.9. The Labute approximate surface area is 165 Å². The van der Waals surface area contributed by atoms with E-state index in [1.807, 2.05) is 48.5 Å². The zero-order valence-corrected chi connectivity index (χ0v) is 16.5. The van der Waals surface area contributed by atoms with Gasteiger partial charge in [-0.2, -0.15) is 0 Å². The van der Waals surface area contributed by atoms with Crippen molar-refractivity contribution in [3.63, 3.8) is 0 Å². The van der Waals surface area contributed by atoms with Crippen molar-refractivity contribution in [2.45, 2.75) is 39.7 Å². The number of aliphatic imine (C=N–C) groups is 1. The smallest absolute Gasteiger partial charge is 0.221 e. The number of carbonyl (C=O) groups excluding carboxylic acids is 2. The van der Waals surface area contributed by atoms with Crippen LogP contribution in [-0.2, 0) is 9.59 Å². The minimum Gasteiger partial charge on any atom is -0.375 e. The molecule has 0 saturated heterocycles. The molecule has 144 valence electrons. The number of nitrogens with zero attached hydrogens (tertiary/aromatic N) is 1. The molecule has 4 rings (SSSR count). The van der Waals surface area contributed by atoms with Gasteiger partial charge in [-0.25, -0.2) is 0 Å². The van der Waals surface area contributed by atoms with Crippen LogP contribution in [0.3, 0.4) is 0 Å². The van der Waals surface area contributed by atoms with Crippen LogP contribution >= 0.6 is 0 Å². The molecular formula is C23H25N3O2. The van der Waals surface area contributed by atoms with Crippen LogP contribution in [-0.4, -0.2) is 17.4 Å². The molecule has 5 heteroatoms. The summed E-state index contributed by atoms with van der Waals surface area (Å²) in [5, 5.41) is 6.36. The van der Waals surface area contributed by atoms with E-state index in [1.54, 1.807) is 0 Å². The molecule has 0 bridgehead atoms. The number of hydrogen-bond donors (Lipinski definition) is 2. The Bertz CT molecular complexity index is 960. The second-order valence-electron chi connectivity index (χ2n) is 8.51. The number of nitrogens with one attached hydrogen (secondary N) is 2. The molecule has 1 amide bonds. The standard InChI is InChI=1S/C23H25N3O2/c1-14(27)24-16-10-8-15(9-11-16)22-21-19(12-23(2,3)13-20(21)28)25-17-6-4-5-7-18(17)26-22/h4-11,21-22,26H,12-13H2,1-3H3,(H,24,27). The second-order valence-corrected chi connectivity index (χ2v) is 8.51. The van der Waals surface area contributed by atoms with E-state index >= 15 is 0 Å². The van der Waals surface area contributed by atoms with E-state index in [1.165, 1.54) is 6.92 Å². The first kappa shape index (κ1) is 18.4. The number of carbonyl (C=O) groups is 2. The zero-order valence-electron chi connectivity index (χ0n) is 16.5. The van der Waals surface area contributed by atoms with Crippen LogP contribution in [0.15, 0.2) is 53.5 Å². The number of benzene rings is 2. The van der Waals surface area contributed by atoms with Crippen molar-refractivity contribution in [3.05, 3.63) is 54.1 Å². The third-order valence-electron chi connectivity index (χ3n) is 5.42. The van der Waals surface area contributed by atoms with E-state index in [0.29, 0.717) is 6.42 Å². The van der Waals surface area contributed by atoms with E-state index in [0.717, 1.165) is 34.8 Å². The summed E-state index contributed by atoms with van der Waals surface area (Å²) in [5.74, 6) is -0.160. The Kier molecular flexibility index (Phi) is 4.53.